The first-order chi connectivity index (χ1) is 10.0. The zero-order chi connectivity index (χ0) is 15.4. The number of ether oxygens (including phenoxy) is 2. The minimum atomic E-state index is -1.06. The summed E-state index contributed by atoms with van der Waals surface area (Å²) in [6.45, 7) is 0.0811. The standard InChI is InChI=1S/C15H12BrFO4/c1-20-13-5-2-9(15(18)19)7-14(13)21-8-10-6-11(17)3-4-12(10)16/h2-7H,8H2,1H3,(H,18,19). The third-order valence-electron chi connectivity index (χ3n) is 2.80. The third kappa shape index (κ3) is 3.72. The average molecular weight is 355 g/mol. The van der Waals surface area contributed by atoms with Gasteiger partial charge in [0, 0.05) is 10.0 Å². The smallest absolute Gasteiger partial charge is 0.335 e. The molecule has 0 fully saturated rings. The molecule has 0 spiro atoms. The maximum Gasteiger partial charge on any atom is 0.335 e. The lowest BCUT2D eigenvalue weighted by Crippen LogP contribution is -2.02. The molecule has 0 atom stereocenters. The van der Waals surface area contributed by atoms with Gasteiger partial charge in [-0.1, -0.05) is 15.9 Å². The van der Waals surface area contributed by atoms with Crippen LogP contribution in [0.3, 0.4) is 0 Å². The summed E-state index contributed by atoms with van der Waals surface area (Å²) in [7, 11) is 1.46. The van der Waals surface area contributed by atoms with Crippen LogP contribution in [0.1, 0.15) is 15.9 Å². The summed E-state index contributed by atoms with van der Waals surface area (Å²) in [6, 6.07) is 8.57. The van der Waals surface area contributed by atoms with Gasteiger partial charge in [0.25, 0.3) is 0 Å². The minimum absolute atomic E-state index is 0.0811. The van der Waals surface area contributed by atoms with E-state index >= 15 is 0 Å². The highest BCUT2D eigenvalue weighted by atomic mass is 79.9. The summed E-state index contributed by atoms with van der Waals surface area (Å²) in [5, 5.41) is 8.99. The maximum atomic E-state index is 13.2. The van der Waals surface area contributed by atoms with Crippen LogP contribution < -0.4 is 9.47 Å². The number of carbonyl (C=O) groups is 1. The van der Waals surface area contributed by atoms with Crippen molar-refractivity contribution in [2.24, 2.45) is 0 Å². The Kier molecular flexibility index (Phi) is 4.80. The largest absolute Gasteiger partial charge is 0.493 e. The molecule has 0 aliphatic heterocycles. The van der Waals surface area contributed by atoms with E-state index in [0.29, 0.717) is 15.8 Å². The fraction of sp³-hybridized carbons (Fsp3) is 0.133. The first kappa shape index (κ1) is 15.3. The van der Waals surface area contributed by atoms with Gasteiger partial charge >= 0.3 is 5.97 Å². The fourth-order valence-electron chi connectivity index (χ4n) is 1.73. The van der Waals surface area contributed by atoms with Crippen LogP contribution >= 0.6 is 15.9 Å². The van der Waals surface area contributed by atoms with E-state index in [1.54, 1.807) is 6.07 Å². The van der Waals surface area contributed by atoms with Gasteiger partial charge in [-0.05, 0) is 36.4 Å². The van der Waals surface area contributed by atoms with E-state index in [-0.39, 0.29) is 23.7 Å². The van der Waals surface area contributed by atoms with Crippen molar-refractivity contribution in [3.05, 3.63) is 57.8 Å². The number of rotatable bonds is 5. The Balaban J connectivity index is 2.24. The van der Waals surface area contributed by atoms with E-state index in [4.69, 9.17) is 14.6 Å². The van der Waals surface area contributed by atoms with E-state index in [1.807, 2.05) is 0 Å². The van der Waals surface area contributed by atoms with Crippen LogP contribution in [0.25, 0.3) is 0 Å². The van der Waals surface area contributed by atoms with E-state index in [0.717, 1.165) is 0 Å². The summed E-state index contributed by atoms with van der Waals surface area (Å²) in [6.07, 6.45) is 0. The number of methoxy groups -OCH3 is 1. The molecule has 2 aromatic rings. The van der Waals surface area contributed by atoms with Crippen LogP contribution in [0.2, 0.25) is 0 Å². The van der Waals surface area contributed by atoms with E-state index in [1.165, 1.54) is 37.4 Å². The zero-order valence-electron chi connectivity index (χ0n) is 11.1. The van der Waals surface area contributed by atoms with Crippen molar-refractivity contribution in [2.75, 3.05) is 7.11 Å². The van der Waals surface area contributed by atoms with E-state index < -0.39 is 5.97 Å². The normalized spacial score (nSPS) is 10.2. The van der Waals surface area contributed by atoms with Crippen molar-refractivity contribution in [2.45, 2.75) is 6.61 Å². The first-order valence-corrected chi connectivity index (χ1v) is 6.78. The molecule has 1 N–H and O–H groups in total. The molecule has 2 aromatic carbocycles. The van der Waals surface area contributed by atoms with Gasteiger partial charge in [0.15, 0.2) is 11.5 Å². The Hall–Kier alpha value is -2.08. The average Bonchev–Trinajstić information content (AvgIpc) is 2.47. The van der Waals surface area contributed by atoms with E-state index in [9.17, 15) is 9.18 Å². The Morgan fingerprint density at radius 2 is 2.00 bits per heavy atom. The number of carboxylic acids is 1. The Morgan fingerprint density at radius 1 is 1.24 bits per heavy atom. The molecule has 0 amide bonds. The van der Waals surface area contributed by atoms with Gasteiger partial charge in [-0.3, -0.25) is 0 Å². The third-order valence-corrected chi connectivity index (χ3v) is 3.58. The molecule has 0 aliphatic rings. The molecule has 0 aromatic heterocycles. The first-order valence-electron chi connectivity index (χ1n) is 5.99. The highest BCUT2D eigenvalue weighted by Crippen LogP contribution is 2.29. The van der Waals surface area contributed by atoms with Gasteiger partial charge in [-0.2, -0.15) is 0 Å². The van der Waals surface area contributed by atoms with Crippen molar-refractivity contribution in [1.82, 2.24) is 0 Å². The molecule has 4 nitrogen and oxygen atoms in total. The SMILES string of the molecule is COc1ccc(C(=O)O)cc1OCc1cc(F)ccc1Br. The quantitative estimate of drug-likeness (QED) is 0.885. The van der Waals surface area contributed by atoms with Crippen LogP contribution in [-0.4, -0.2) is 18.2 Å². The maximum absolute atomic E-state index is 13.2. The molecule has 0 radical (unpaired) electrons. The molecule has 6 heteroatoms. The predicted octanol–water partition coefficient (Wildman–Crippen LogP) is 3.87. The summed E-state index contributed by atoms with van der Waals surface area (Å²) in [4.78, 5) is 11.0. The number of aromatic carboxylic acids is 1. The summed E-state index contributed by atoms with van der Waals surface area (Å²) < 4.78 is 24.6. The van der Waals surface area contributed by atoms with Crippen molar-refractivity contribution in [3.63, 3.8) is 0 Å². The molecule has 0 unspecified atom stereocenters. The van der Waals surface area contributed by atoms with Crippen molar-refractivity contribution in [3.8, 4) is 11.5 Å². The summed E-state index contributed by atoms with van der Waals surface area (Å²) in [5.41, 5.74) is 0.696. The van der Waals surface area contributed by atoms with Gasteiger partial charge in [0.05, 0.1) is 12.7 Å². The number of hydrogen-bond donors (Lipinski definition) is 1. The lowest BCUT2D eigenvalue weighted by atomic mass is 10.2. The molecule has 21 heavy (non-hydrogen) atoms. The molecule has 2 rings (SSSR count). The predicted molar refractivity (Wildman–Crippen MR) is 78.4 cm³/mol. The van der Waals surface area contributed by atoms with Crippen LogP contribution in [0, 0.1) is 5.82 Å². The molecule has 0 saturated carbocycles. The van der Waals surface area contributed by atoms with Gasteiger partial charge in [-0.25, -0.2) is 9.18 Å². The Morgan fingerprint density at radius 3 is 2.67 bits per heavy atom. The topological polar surface area (TPSA) is 55.8 Å². The number of hydrogen-bond acceptors (Lipinski definition) is 3. The molecule has 0 aliphatic carbocycles. The lowest BCUT2D eigenvalue weighted by Gasteiger charge is -2.12. The highest BCUT2D eigenvalue weighted by Gasteiger charge is 2.11. The van der Waals surface area contributed by atoms with Crippen molar-refractivity contribution < 1.29 is 23.8 Å². The second kappa shape index (κ2) is 6.58. The second-order valence-corrected chi connectivity index (χ2v) is 5.05. The molecule has 0 bridgehead atoms. The van der Waals surface area contributed by atoms with Crippen molar-refractivity contribution >= 4 is 21.9 Å². The number of benzene rings is 2. The van der Waals surface area contributed by atoms with Gasteiger partial charge < -0.3 is 14.6 Å². The van der Waals surface area contributed by atoms with Gasteiger partial charge in [0.1, 0.15) is 12.4 Å². The van der Waals surface area contributed by atoms with Crippen LogP contribution in [0.4, 0.5) is 4.39 Å². The van der Waals surface area contributed by atoms with Gasteiger partial charge in [0.2, 0.25) is 0 Å². The van der Waals surface area contributed by atoms with Crippen molar-refractivity contribution in [1.29, 1.82) is 0 Å². The van der Waals surface area contributed by atoms with E-state index in [2.05, 4.69) is 15.9 Å². The van der Waals surface area contributed by atoms with Gasteiger partial charge in [-0.15, -0.1) is 0 Å². The lowest BCUT2D eigenvalue weighted by molar-refractivity contribution is 0.0696. The number of carboxylic acid groups (broad SMARTS) is 1. The molecule has 0 heterocycles. The zero-order valence-corrected chi connectivity index (χ0v) is 12.7. The monoisotopic (exact) mass is 354 g/mol. The Labute approximate surface area is 129 Å². The summed E-state index contributed by atoms with van der Waals surface area (Å²) >= 11 is 3.31. The molecule has 110 valence electrons. The van der Waals surface area contributed by atoms with Crippen LogP contribution in [0.5, 0.6) is 11.5 Å². The molecule has 0 saturated heterocycles. The minimum Gasteiger partial charge on any atom is -0.493 e. The Bertz CT molecular complexity index is 673. The fourth-order valence-corrected chi connectivity index (χ4v) is 2.09. The van der Waals surface area contributed by atoms with Crippen LogP contribution in [-0.2, 0) is 6.61 Å². The highest BCUT2D eigenvalue weighted by molar-refractivity contribution is 9.10. The molecular formula is C15H12BrFO4. The summed E-state index contributed by atoms with van der Waals surface area (Å²) in [5.74, 6) is -0.737. The second-order valence-electron chi connectivity index (χ2n) is 4.20. The number of halogens is 2. The van der Waals surface area contributed by atoms with Crippen LogP contribution in [0.15, 0.2) is 40.9 Å². The molecular weight excluding hydrogens is 343 g/mol.